The number of hydrogen-bond acceptors (Lipinski definition) is 5. The summed E-state index contributed by atoms with van der Waals surface area (Å²) in [6.45, 7) is 2.02. The normalized spacial score (nSPS) is 11.0. The second kappa shape index (κ2) is 8.22. The highest BCUT2D eigenvalue weighted by atomic mass is 32.2. The molecular weight excluding hydrogens is 376 g/mol. The third kappa shape index (κ3) is 4.55. The van der Waals surface area contributed by atoms with Crippen molar-refractivity contribution in [3.8, 4) is 11.5 Å². The van der Waals surface area contributed by atoms with Crippen LogP contribution in [0.1, 0.15) is 5.56 Å². The number of sulfonamides is 1. The van der Waals surface area contributed by atoms with Gasteiger partial charge in [-0.25, -0.2) is 8.42 Å². The molecular formula is C21H22N2O4S. The lowest BCUT2D eigenvalue weighted by Gasteiger charge is -2.13. The average molecular weight is 398 g/mol. The van der Waals surface area contributed by atoms with Crippen LogP contribution in [0, 0.1) is 6.92 Å². The topological polar surface area (TPSA) is 76.7 Å². The molecule has 2 N–H and O–H groups in total. The highest BCUT2D eigenvalue weighted by molar-refractivity contribution is 7.92. The lowest BCUT2D eigenvalue weighted by molar-refractivity contribution is 0.392. The summed E-state index contributed by atoms with van der Waals surface area (Å²) in [7, 11) is -0.940. The maximum atomic E-state index is 12.8. The second-order valence-electron chi connectivity index (χ2n) is 6.19. The van der Waals surface area contributed by atoms with E-state index in [1.54, 1.807) is 24.3 Å². The van der Waals surface area contributed by atoms with Gasteiger partial charge in [-0.2, -0.15) is 0 Å². The van der Waals surface area contributed by atoms with Gasteiger partial charge >= 0.3 is 0 Å². The summed E-state index contributed by atoms with van der Waals surface area (Å²) < 4.78 is 38.5. The van der Waals surface area contributed by atoms with Crippen molar-refractivity contribution in [2.75, 3.05) is 24.3 Å². The van der Waals surface area contributed by atoms with E-state index in [-0.39, 0.29) is 10.6 Å². The molecule has 6 nitrogen and oxygen atoms in total. The largest absolute Gasteiger partial charge is 0.497 e. The van der Waals surface area contributed by atoms with Crippen molar-refractivity contribution in [2.45, 2.75) is 11.8 Å². The minimum absolute atomic E-state index is 0.0105. The van der Waals surface area contributed by atoms with Gasteiger partial charge in [0.05, 0.1) is 14.2 Å². The maximum Gasteiger partial charge on any atom is 0.265 e. The summed E-state index contributed by atoms with van der Waals surface area (Å²) in [5.41, 5.74) is 3.42. The van der Waals surface area contributed by atoms with Crippen LogP contribution in [0.25, 0.3) is 0 Å². The Labute approximate surface area is 165 Å². The number of methoxy groups -OCH3 is 2. The van der Waals surface area contributed by atoms with E-state index in [2.05, 4.69) is 10.0 Å². The van der Waals surface area contributed by atoms with Crippen LogP contribution in [-0.2, 0) is 10.0 Å². The van der Waals surface area contributed by atoms with Gasteiger partial charge in [0, 0.05) is 23.1 Å². The van der Waals surface area contributed by atoms with Gasteiger partial charge in [-0.05, 0) is 61.0 Å². The Morgan fingerprint density at radius 3 is 2.14 bits per heavy atom. The Hall–Kier alpha value is -3.19. The van der Waals surface area contributed by atoms with Gasteiger partial charge in [0.25, 0.3) is 10.0 Å². The zero-order valence-electron chi connectivity index (χ0n) is 15.9. The van der Waals surface area contributed by atoms with Gasteiger partial charge in [0.15, 0.2) is 0 Å². The van der Waals surface area contributed by atoms with Crippen molar-refractivity contribution in [1.82, 2.24) is 0 Å². The SMILES string of the molecule is COc1ccc(OC)c(S(=O)(=O)Nc2ccc(Nc3cccc(C)c3)cc2)c1. The van der Waals surface area contributed by atoms with E-state index in [0.29, 0.717) is 11.4 Å². The Bertz CT molecular complexity index is 1060. The van der Waals surface area contributed by atoms with Gasteiger partial charge in [-0.3, -0.25) is 4.72 Å². The second-order valence-corrected chi connectivity index (χ2v) is 7.84. The first-order chi connectivity index (χ1) is 13.4. The summed E-state index contributed by atoms with van der Waals surface area (Å²) in [5, 5.41) is 3.29. The summed E-state index contributed by atoms with van der Waals surface area (Å²) in [5.74, 6) is 0.671. The predicted molar refractivity (Wildman–Crippen MR) is 111 cm³/mol. The lowest BCUT2D eigenvalue weighted by atomic mass is 10.2. The highest BCUT2D eigenvalue weighted by Gasteiger charge is 2.20. The summed E-state index contributed by atoms with van der Waals surface area (Å²) in [4.78, 5) is 0.0105. The first-order valence-corrected chi connectivity index (χ1v) is 10.1. The van der Waals surface area contributed by atoms with E-state index in [1.165, 1.54) is 20.3 Å². The molecule has 0 saturated heterocycles. The molecule has 0 spiro atoms. The smallest absolute Gasteiger partial charge is 0.265 e. The van der Waals surface area contributed by atoms with Crippen LogP contribution in [0.3, 0.4) is 0 Å². The number of rotatable bonds is 7. The molecule has 146 valence electrons. The molecule has 0 unspecified atom stereocenters. The van der Waals surface area contributed by atoms with Crippen LogP contribution in [0.2, 0.25) is 0 Å². The molecule has 0 radical (unpaired) electrons. The van der Waals surface area contributed by atoms with Crippen LogP contribution in [0.4, 0.5) is 17.1 Å². The Morgan fingerprint density at radius 2 is 1.50 bits per heavy atom. The molecule has 0 atom stereocenters. The fourth-order valence-corrected chi connectivity index (χ4v) is 3.96. The van der Waals surface area contributed by atoms with Crippen LogP contribution in [0.15, 0.2) is 71.6 Å². The molecule has 3 rings (SSSR count). The minimum Gasteiger partial charge on any atom is -0.497 e. The molecule has 0 aliphatic heterocycles. The summed E-state index contributed by atoms with van der Waals surface area (Å²) >= 11 is 0. The van der Waals surface area contributed by atoms with Gasteiger partial charge in [-0.1, -0.05) is 12.1 Å². The average Bonchev–Trinajstić information content (AvgIpc) is 2.69. The predicted octanol–water partition coefficient (Wildman–Crippen LogP) is 4.56. The number of hydrogen-bond donors (Lipinski definition) is 2. The van der Waals surface area contributed by atoms with Crippen molar-refractivity contribution in [2.24, 2.45) is 0 Å². The first kappa shape index (κ1) is 19.6. The number of ether oxygens (including phenoxy) is 2. The fraction of sp³-hybridized carbons (Fsp3) is 0.143. The van der Waals surface area contributed by atoms with E-state index in [1.807, 2.05) is 43.3 Å². The van der Waals surface area contributed by atoms with Gasteiger partial charge < -0.3 is 14.8 Å². The van der Waals surface area contributed by atoms with Crippen LogP contribution >= 0.6 is 0 Å². The summed E-state index contributed by atoms with van der Waals surface area (Å²) in [6, 6.07) is 19.6. The lowest BCUT2D eigenvalue weighted by Crippen LogP contribution is -2.14. The molecule has 0 aliphatic rings. The van der Waals surface area contributed by atoms with E-state index in [4.69, 9.17) is 9.47 Å². The maximum absolute atomic E-state index is 12.8. The van der Waals surface area contributed by atoms with Crippen LogP contribution < -0.4 is 19.5 Å². The molecule has 28 heavy (non-hydrogen) atoms. The molecule has 3 aromatic carbocycles. The quantitative estimate of drug-likeness (QED) is 0.610. The molecule has 0 fully saturated rings. The van der Waals surface area contributed by atoms with Crippen molar-refractivity contribution < 1.29 is 17.9 Å². The molecule has 0 amide bonds. The van der Waals surface area contributed by atoms with Crippen molar-refractivity contribution >= 4 is 27.1 Å². The molecule has 3 aromatic rings. The number of anilines is 3. The van der Waals surface area contributed by atoms with Crippen LogP contribution in [0.5, 0.6) is 11.5 Å². The number of benzene rings is 3. The third-order valence-electron chi connectivity index (χ3n) is 4.10. The van der Waals surface area contributed by atoms with Gasteiger partial charge in [-0.15, -0.1) is 0 Å². The third-order valence-corrected chi connectivity index (χ3v) is 5.51. The molecule has 7 heteroatoms. The number of aryl methyl sites for hydroxylation is 1. The molecule has 0 heterocycles. The Balaban J connectivity index is 1.80. The van der Waals surface area contributed by atoms with E-state index in [9.17, 15) is 8.42 Å². The highest BCUT2D eigenvalue weighted by Crippen LogP contribution is 2.30. The zero-order valence-corrected chi connectivity index (χ0v) is 16.7. The van der Waals surface area contributed by atoms with Crippen molar-refractivity contribution in [3.05, 3.63) is 72.3 Å². The summed E-state index contributed by atoms with van der Waals surface area (Å²) in [6.07, 6.45) is 0. The van der Waals surface area contributed by atoms with Gasteiger partial charge in [0.1, 0.15) is 16.4 Å². The molecule has 0 saturated carbocycles. The molecule has 0 aromatic heterocycles. The molecule has 0 bridgehead atoms. The monoisotopic (exact) mass is 398 g/mol. The standard InChI is InChI=1S/C21H22N2O4S/c1-15-5-4-6-18(13-15)22-16-7-9-17(10-8-16)23-28(24,25)21-14-19(26-2)11-12-20(21)27-3/h4-14,22-23H,1-3H3. The van der Waals surface area contributed by atoms with Crippen molar-refractivity contribution in [1.29, 1.82) is 0 Å². The number of nitrogens with one attached hydrogen (secondary N) is 2. The zero-order chi connectivity index (χ0) is 20.1. The van der Waals surface area contributed by atoms with E-state index >= 15 is 0 Å². The van der Waals surface area contributed by atoms with Crippen LogP contribution in [-0.4, -0.2) is 22.6 Å². The first-order valence-electron chi connectivity index (χ1n) is 8.60. The fourth-order valence-electron chi connectivity index (χ4n) is 2.72. The Kier molecular flexibility index (Phi) is 5.75. The van der Waals surface area contributed by atoms with E-state index in [0.717, 1.165) is 16.9 Å². The van der Waals surface area contributed by atoms with Gasteiger partial charge in [0.2, 0.25) is 0 Å². The van der Waals surface area contributed by atoms with Crippen molar-refractivity contribution in [3.63, 3.8) is 0 Å². The molecule has 0 aliphatic carbocycles. The van der Waals surface area contributed by atoms with E-state index < -0.39 is 10.0 Å². The minimum atomic E-state index is -3.84. The Morgan fingerprint density at radius 1 is 0.786 bits per heavy atom.